The van der Waals surface area contributed by atoms with Gasteiger partial charge in [0.1, 0.15) is 5.82 Å². The van der Waals surface area contributed by atoms with Crippen molar-refractivity contribution in [2.24, 2.45) is 0 Å². The molecule has 122 valence electrons. The predicted octanol–water partition coefficient (Wildman–Crippen LogP) is 2.96. The lowest BCUT2D eigenvalue weighted by Gasteiger charge is -2.07. The van der Waals surface area contributed by atoms with E-state index in [1.165, 1.54) is 6.07 Å². The second-order valence-electron chi connectivity index (χ2n) is 5.04. The van der Waals surface area contributed by atoms with Crippen LogP contribution in [-0.4, -0.2) is 24.9 Å². The number of carbonyl (C=O) groups is 2. The summed E-state index contributed by atoms with van der Waals surface area (Å²) in [4.78, 5) is 23.8. The third kappa shape index (κ3) is 4.41. The number of nitrogens with one attached hydrogen (secondary N) is 2. The molecule has 0 unspecified atom stereocenters. The minimum Gasteiger partial charge on any atom is -0.444 e. The predicted molar refractivity (Wildman–Crippen MR) is 86.9 cm³/mol. The molecule has 0 aliphatic rings. The molecule has 2 amide bonds. The lowest BCUT2D eigenvalue weighted by atomic mass is 10.1. The zero-order valence-corrected chi connectivity index (χ0v) is 14.3. The van der Waals surface area contributed by atoms with Crippen LogP contribution in [0.1, 0.15) is 32.0 Å². The average molecular weight is 383 g/mol. The van der Waals surface area contributed by atoms with E-state index in [4.69, 9.17) is 4.42 Å². The van der Waals surface area contributed by atoms with Crippen LogP contribution in [0.25, 0.3) is 0 Å². The third-order valence-electron chi connectivity index (χ3n) is 3.22. The molecular weight excluding hydrogens is 367 g/mol. The van der Waals surface area contributed by atoms with Crippen molar-refractivity contribution in [1.29, 1.82) is 0 Å². The summed E-state index contributed by atoms with van der Waals surface area (Å²) in [7, 11) is 0. The van der Waals surface area contributed by atoms with Gasteiger partial charge in [-0.25, -0.2) is 4.39 Å². The number of aryl methyl sites for hydroxylation is 2. The number of hydrogen-bond acceptors (Lipinski definition) is 3. The Kier molecular flexibility index (Phi) is 5.54. The molecule has 2 rings (SSSR count). The highest BCUT2D eigenvalue weighted by Crippen LogP contribution is 2.19. The Labute approximate surface area is 141 Å². The molecule has 2 N–H and O–H groups in total. The van der Waals surface area contributed by atoms with E-state index < -0.39 is 11.7 Å². The third-order valence-corrected chi connectivity index (χ3v) is 3.61. The van der Waals surface area contributed by atoms with Crippen molar-refractivity contribution in [2.75, 3.05) is 13.1 Å². The molecule has 0 aliphatic heterocycles. The molecule has 0 saturated heterocycles. The van der Waals surface area contributed by atoms with Gasteiger partial charge in [0, 0.05) is 24.2 Å². The minimum atomic E-state index is -0.426. The summed E-state index contributed by atoms with van der Waals surface area (Å²) in [5, 5.41) is 5.25. The van der Waals surface area contributed by atoms with Crippen LogP contribution in [0.15, 0.2) is 33.4 Å². The van der Waals surface area contributed by atoms with E-state index in [0.29, 0.717) is 15.8 Å². The molecule has 0 fully saturated rings. The van der Waals surface area contributed by atoms with E-state index in [1.54, 1.807) is 32.0 Å². The van der Waals surface area contributed by atoms with E-state index in [1.807, 2.05) is 0 Å². The molecule has 23 heavy (non-hydrogen) atoms. The Balaban J connectivity index is 1.81. The molecule has 1 aromatic carbocycles. The van der Waals surface area contributed by atoms with Gasteiger partial charge >= 0.3 is 0 Å². The first-order valence-corrected chi connectivity index (χ1v) is 7.76. The topological polar surface area (TPSA) is 71.3 Å². The summed E-state index contributed by atoms with van der Waals surface area (Å²) < 4.78 is 19.1. The number of hydrogen-bond donors (Lipinski definition) is 2. The highest BCUT2D eigenvalue weighted by molar-refractivity contribution is 9.10. The maximum atomic E-state index is 13.4. The SMILES string of the molecule is Cc1ccc(C(=O)NCCNC(=O)c2oc(Br)cc2C)cc1F. The molecule has 0 aliphatic carbocycles. The zero-order valence-electron chi connectivity index (χ0n) is 12.7. The Hall–Kier alpha value is -2.15. The van der Waals surface area contributed by atoms with Crippen LogP contribution in [0.4, 0.5) is 4.39 Å². The number of amides is 2. The van der Waals surface area contributed by atoms with Gasteiger partial charge < -0.3 is 15.1 Å². The normalized spacial score (nSPS) is 10.4. The first-order chi connectivity index (χ1) is 10.9. The van der Waals surface area contributed by atoms with Crippen molar-refractivity contribution in [1.82, 2.24) is 10.6 Å². The van der Waals surface area contributed by atoms with Crippen LogP contribution >= 0.6 is 15.9 Å². The van der Waals surface area contributed by atoms with Crippen LogP contribution in [0.2, 0.25) is 0 Å². The summed E-state index contributed by atoms with van der Waals surface area (Å²) in [6, 6.07) is 5.98. The smallest absolute Gasteiger partial charge is 0.287 e. The van der Waals surface area contributed by atoms with Crippen molar-refractivity contribution in [2.45, 2.75) is 13.8 Å². The Morgan fingerprint density at radius 2 is 1.74 bits per heavy atom. The quantitative estimate of drug-likeness (QED) is 0.780. The van der Waals surface area contributed by atoms with E-state index in [9.17, 15) is 14.0 Å². The molecule has 0 spiro atoms. The van der Waals surface area contributed by atoms with Crippen molar-refractivity contribution < 1.29 is 18.4 Å². The molecule has 0 bridgehead atoms. The average Bonchev–Trinajstić information content (AvgIpc) is 2.84. The van der Waals surface area contributed by atoms with Crippen LogP contribution in [0.5, 0.6) is 0 Å². The lowest BCUT2D eigenvalue weighted by molar-refractivity contribution is 0.0909. The number of furan rings is 1. The van der Waals surface area contributed by atoms with E-state index in [0.717, 1.165) is 0 Å². The molecule has 2 aromatic rings. The second kappa shape index (κ2) is 7.41. The van der Waals surface area contributed by atoms with Gasteiger partial charge in [-0.3, -0.25) is 9.59 Å². The van der Waals surface area contributed by atoms with Gasteiger partial charge in [-0.2, -0.15) is 0 Å². The fourth-order valence-electron chi connectivity index (χ4n) is 1.94. The number of rotatable bonds is 5. The summed E-state index contributed by atoms with van der Waals surface area (Å²) >= 11 is 3.15. The molecule has 0 saturated carbocycles. The van der Waals surface area contributed by atoms with Gasteiger partial charge in [-0.05, 0) is 53.5 Å². The molecule has 1 aromatic heterocycles. The van der Waals surface area contributed by atoms with Crippen LogP contribution in [0, 0.1) is 19.7 Å². The zero-order chi connectivity index (χ0) is 17.0. The minimum absolute atomic E-state index is 0.223. The molecule has 5 nitrogen and oxygen atoms in total. The van der Waals surface area contributed by atoms with Crippen LogP contribution < -0.4 is 10.6 Å². The summed E-state index contributed by atoms with van der Waals surface area (Å²) in [6.45, 7) is 3.84. The van der Waals surface area contributed by atoms with Crippen molar-refractivity contribution in [3.8, 4) is 0 Å². The first kappa shape index (κ1) is 17.2. The van der Waals surface area contributed by atoms with E-state index in [2.05, 4.69) is 26.6 Å². The fraction of sp³-hybridized carbons (Fsp3) is 0.250. The van der Waals surface area contributed by atoms with E-state index in [-0.39, 0.29) is 30.3 Å². The molecule has 0 atom stereocenters. The van der Waals surface area contributed by atoms with Gasteiger partial charge in [-0.15, -0.1) is 0 Å². The van der Waals surface area contributed by atoms with Gasteiger partial charge in [0.2, 0.25) is 0 Å². The Morgan fingerprint density at radius 1 is 1.09 bits per heavy atom. The summed E-state index contributed by atoms with van der Waals surface area (Å²) in [6.07, 6.45) is 0. The van der Waals surface area contributed by atoms with Gasteiger partial charge in [0.05, 0.1) is 0 Å². The van der Waals surface area contributed by atoms with Crippen molar-refractivity contribution in [3.05, 3.63) is 57.2 Å². The van der Waals surface area contributed by atoms with Gasteiger partial charge in [0.15, 0.2) is 10.4 Å². The first-order valence-electron chi connectivity index (χ1n) is 6.97. The number of carbonyl (C=O) groups excluding carboxylic acids is 2. The standard InChI is InChI=1S/C16H16BrFN2O3/c1-9-3-4-11(8-12(9)18)15(21)19-5-6-20-16(22)14-10(2)7-13(17)23-14/h3-4,7-8H,5-6H2,1-2H3,(H,19,21)(H,20,22). The lowest BCUT2D eigenvalue weighted by Crippen LogP contribution is -2.34. The second-order valence-corrected chi connectivity index (χ2v) is 5.82. The van der Waals surface area contributed by atoms with E-state index >= 15 is 0 Å². The summed E-state index contributed by atoms with van der Waals surface area (Å²) in [5.74, 6) is -0.951. The summed E-state index contributed by atoms with van der Waals surface area (Å²) in [5.41, 5.74) is 1.44. The number of halogens is 2. The Bertz CT molecular complexity index is 743. The van der Waals surface area contributed by atoms with Crippen molar-refractivity contribution in [3.63, 3.8) is 0 Å². The Morgan fingerprint density at radius 3 is 2.30 bits per heavy atom. The largest absolute Gasteiger partial charge is 0.444 e. The molecule has 0 radical (unpaired) electrons. The highest BCUT2D eigenvalue weighted by Gasteiger charge is 2.14. The fourth-order valence-corrected chi connectivity index (χ4v) is 2.44. The monoisotopic (exact) mass is 382 g/mol. The maximum absolute atomic E-state index is 13.4. The highest BCUT2D eigenvalue weighted by atomic mass is 79.9. The molecular formula is C16H16BrFN2O3. The molecule has 1 heterocycles. The van der Waals surface area contributed by atoms with Crippen LogP contribution in [-0.2, 0) is 0 Å². The van der Waals surface area contributed by atoms with Gasteiger partial charge in [-0.1, -0.05) is 6.07 Å². The van der Waals surface area contributed by atoms with Crippen LogP contribution in [0.3, 0.4) is 0 Å². The molecule has 7 heteroatoms. The maximum Gasteiger partial charge on any atom is 0.287 e. The van der Waals surface area contributed by atoms with Crippen molar-refractivity contribution >= 4 is 27.7 Å². The number of benzene rings is 1. The van der Waals surface area contributed by atoms with Gasteiger partial charge in [0.25, 0.3) is 11.8 Å².